The van der Waals surface area contributed by atoms with Gasteiger partial charge in [-0.1, -0.05) is 0 Å². The summed E-state index contributed by atoms with van der Waals surface area (Å²) in [6, 6.07) is 60.2. The van der Waals surface area contributed by atoms with Gasteiger partial charge in [-0.3, -0.25) is 0 Å². The van der Waals surface area contributed by atoms with E-state index in [0.29, 0.717) is 12.3 Å². The predicted molar refractivity (Wildman–Crippen MR) is 206 cm³/mol. The van der Waals surface area contributed by atoms with Gasteiger partial charge in [0.25, 0.3) is 0 Å². The third-order valence-corrected chi connectivity index (χ3v) is 22.0. The number of carbonyl (C=O) groups is 2. The molecular weight excluding hydrogens is 642 g/mol. The van der Waals surface area contributed by atoms with E-state index in [2.05, 4.69) is 0 Å². The number of benzene rings is 6. The fourth-order valence-corrected chi connectivity index (χ4v) is 19.5. The molecule has 1 aliphatic rings. The number of carbonyl (C=O) groups excluding carboxylic acids is 2. The summed E-state index contributed by atoms with van der Waals surface area (Å²) in [5.74, 6) is -1.96. The van der Waals surface area contributed by atoms with Gasteiger partial charge in [0.1, 0.15) is 0 Å². The van der Waals surface area contributed by atoms with Crippen LogP contribution in [0.2, 0.25) is 0 Å². The average Bonchev–Trinajstić information content (AvgIpc) is 3.20. The van der Waals surface area contributed by atoms with Crippen molar-refractivity contribution in [1.82, 2.24) is 0 Å². The van der Waals surface area contributed by atoms with Crippen molar-refractivity contribution >= 4 is 57.4 Å². The van der Waals surface area contributed by atoms with E-state index in [4.69, 9.17) is 9.05 Å². The molecule has 1 saturated heterocycles. The van der Waals surface area contributed by atoms with Gasteiger partial charge in [-0.15, -0.1) is 0 Å². The van der Waals surface area contributed by atoms with Crippen LogP contribution in [0.15, 0.2) is 182 Å². The van der Waals surface area contributed by atoms with Crippen molar-refractivity contribution in [2.75, 3.05) is 12.3 Å². The molecule has 0 aromatic heterocycles. The van der Waals surface area contributed by atoms with Crippen molar-refractivity contribution in [1.29, 1.82) is 0 Å². The summed E-state index contributed by atoms with van der Waals surface area (Å²) in [7, 11) is 0. The van der Waals surface area contributed by atoms with Gasteiger partial charge in [-0.2, -0.15) is 0 Å². The van der Waals surface area contributed by atoms with Gasteiger partial charge in [0.2, 0.25) is 0 Å². The molecule has 1 heterocycles. The molecule has 0 aliphatic carbocycles. The van der Waals surface area contributed by atoms with Crippen LogP contribution in [0.3, 0.4) is 0 Å². The molecule has 1 aliphatic heterocycles. The average molecular weight is 683 g/mol. The summed E-state index contributed by atoms with van der Waals surface area (Å²) >= 11 is 0. The van der Waals surface area contributed by atoms with Crippen molar-refractivity contribution in [3.05, 3.63) is 182 Å². The first-order valence-corrected chi connectivity index (χ1v) is 21.5. The maximum absolute atomic E-state index is 15.0. The van der Waals surface area contributed by atoms with Gasteiger partial charge in [0, 0.05) is 0 Å². The Bertz CT molecular complexity index is 1690. The molecule has 0 amide bonds. The Hall–Kier alpha value is -4.88. The summed E-state index contributed by atoms with van der Waals surface area (Å²) in [5, 5.41) is 5.41. The minimum absolute atomic E-state index is 0.556. The zero-order chi connectivity index (χ0) is 33.7. The first kappa shape index (κ1) is 32.7. The third kappa shape index (κ3) is 5.14. The van der Waals surface area contributed by atoms with E-state index in [0.717, 1.165) is 51.1 Å². The molecule has 0 spiro atoms. The molecule has 0 bridgehead atoms. The molecule has 0 unspecified atom stereocenters. The SMILES string of the molecule is O=C1OP(c2ccccc2)(c2ccccc2)(c2ccccc2)CCCCCP(c2ccccc2)(c2ccccc2)(c2ccccc2)OC1=O. The zero-order valence-electron chi connectivity index (χ0n) is 27.4. The van der Waals surface area contributed by atoms with E-state index in [1.165, 1.54) is 0 Å². The van der Waals surface area contributed by atoms with Gasteiger partial charge < -0.3 is 0 Å². The van der Waals surface area contributed by atoms with E-state index in [9.17, 15) is 9.59 Å². The Morgan fingerprint density at radius 2 is 0.510 bits per heavy atom. The Balaban J connectivity index is 1.52. The second-order valence-electron chi connectivity index (χ2n) is 12.7. The van der Waals surface area contributed by atoms with E-state index in [1.54, 1.807) is 0 Å². The molecule has 0 saturated carbocycles. The van der Waals surface area contributed by atoms with Gasteiger partial charge in [0.05, 0.1) is 0 Å². The van der Waals surface area contributed by atoms with Crippen LogP contribution >= 0.6 is 13.7 Å². The topological polar surface area (TPSA) is 52.6 Å². The molecule has 6 aromatic carbocycles. The fourth-order valence-electron chi connectivity index (χ4n) is 7.98. The Morgan fingerprint density at radius 1 is 0.306 bits per heavy atom. The maximum atomic E-state index is 15.0. The van der Waals surface area contributed by atoms with E-state index in [1.807, 2.05) is 182 Å². The Morgan fingerprint density at radius 3 is 0.714 bits per heavy atom. The quantitative estimate of drug-likeness (QED) is 0.138. The Kier molecular flexibility index (Phi) is 8.80. The van der Waals surface area contributed by atoms with Crippen molar-refractivity contribution < 1.29 is 18.6 Å². The summed E-state index contributed by atoms with van der Waals surface area (Å²) in [4.78, 5) is 29.9. The van der Waals surface area contributed by atoms with Crippen LogP contribution in [0.1, 0.15) is 19.3 Å². The molecule has 1 fully saturated rings. The van der Waals surface area contributed by atoms with Gasteiger partial charge in [-0.25, -0.2) is 0 Å². The van der Waals surface area contributed by atoms with Gasteiger partial charge in [0.15, 0.2) is 0 Å². The first-order valence-electron chi connectivity index (χ1n) is 16.9. The third-order valence-electron chi connectivity index (χ3n) is 10.2. The van der Waals surface area contributed by atoms with Crippen LogP contribution in [-0.4, -0.2) is 24.3 Å². The van der Waals surface area contributed by atoms with Crippen molar-refractivity contribution in [3.63, 3.8) is 0 Å². The predicted octanol–water partition coefficient (Wildman–Crippen LogP) is 7.15. The van der Waals surface area contributed by atoms with Gasteiger partial charge >= 0.3 is 290 Å². The van der Waals surface area contributed by atoms with Crippen molar-refractivity contribution in [2.24, 2.45) is 0 Å². The van der Waals surface area contributed by atoms with E-state index in [-0.39, 0.29) is 0 Å². The normalized spacial score (nSPS) is 19.9. The molecule has 6 heteroatoms. The van der Waals surface area contributed by atoms with E-state index < -0.39 is 25.6 Å². The first-order chi connectivity index (χ1) is 24.0. The monoisotopic (exact) mass is 682 g/mol. The van der Waals surface area contributed by atoms with Crippen LogP contribution in [0.5, 0.6) is 0 Å². The molecule has 0 N–H and O–H groups in total. The van der Waals surface area contributed by atoms with Crippen LogP contribution < -0.4 is 31.8 Å². The number of rotatable bonds is 6. The summed E-state index contributed by atoms with van der Waals surface area (Å²) in [5.41, 5.74) is 0. The molecule has 49 heavy (non-hydrogen) atoms. The van der Waals surface area contributed by atoms with Crippen LogP contribution in [0.25, 0.3) is 0 Å². The second kappa shape index (κ2) is 13.2. The number of hydrogen-bond donors (Lipinski definition) is 0. The van der Waals surface area contributed by atoms with Crippen molar-refractivity contribution in [2.45, 2.75) is 19.3 Å². The van der Waals surface area contributed by atoms with Crippen LogP contribution in [0, 0.1) is 0 Å². The number of hydrogen-bond acceptors (Lipinski definition) is 4. The van der Waals surface area contributed by atoms with Crippen molar-refractivity contribution in [3.8, 4) is 0 Å². The molecular formula is C43H40O4P2. The fraction of sp³-hybridized carbons (Fsp3) is 0.116. The summed E-state index contributed by atoms with van der Waals surface area (Å²) in [6.45, 7) is -8.21. The molecule has 0 radical (unpaired) electrons. The van der Waals surface area contributed by atoms with Crippen LogP contribution in [-0.2, 0) is 18.6 Å². The Labute approximate surface area is 288 Å². The standard InChI is InChI=1S/C43H40O4P2/c44-42-43(45)47-49(39-28-14-4-15-29-39,40-30-16-5-17-31-40,41-32-18-6-19-33-41)35-21-7-20-34-48(46-42,36-22-8-1-9-23-36,37-24-10-2-11-25-37)38-26-12-3-13-27-38/h1-6,8-19,22-33H,7,20-21,34-35H2. The molecule has 4 nitrogen and oxygen atoms in total. The summed E-state index contributed by atoms with van der Waals surface area (Å²) < 4.78 is 14.2. The van der Waals surface area contributed by atoms with E-state index >= 15 is 0 Å². The second-order valence-corrected chi connectivity index (χ2v) is 21.9. The molecule has 246 valence electrons. The molecule has 6 aromatic rings. The zero-order valence-corrected chi connectivity index (χ0v) is 29.2. The molecule has 7 rings (SSSR count). The summed E-state index contributed by atoms with van der Waals surface area (Å²) in [6.07, 6.45) is 3.48. The molecule has 0 atom stereocenters. The van der Waals surface area contributed by atoms with Crippen LogP contribution in [0.4, 0.5) is 0 Å². The van der Waals surface area contributed by atoms with Gasteiger partial charge in [-0.05, 0) is 0 Å². The minimum atomic E-state index is -4.11.